The number of pyridine rings is 1. The molecule has 0 saturated carbocycles. The number of amides is 1. The smallest absolute Gasteiger partial charge is 0.293 e. The summed E-state index contributed by atoms with van der Waals surface area (Å²) in [5.74, 6) is 0.698. The molecule has 0 radical (unpaired) electrons. The van der Waals surface area contributed by atoms with Crippen molar-refractivity contribution in [3.8, 4) is 11.9 Å². The third-order valence-electron chi connectivity index (χ3n) is 4.63. The molecule has 1 atom stereocenters. The molecule has 28 heavy (non-hydrogen) atoms. The average Bonchev–Trinajstić information content (AvgIpc) is 3.12. The van der Waals surface area contributed by atoms with Crippen LogP contribution in [0.25, 0.3) is 5.78 Å². The van der Waals surface area contributed by atoms with E-state index in [0.29, 0.717) is 30.3 Å². The van der Waals surface area contributed by atoms with E-state index in [1.807, 2.05) is 19.9 Å². The lowest BCUT2D eigenvalue weighted by Gasteiger charge is -2.31. The Hall–Kier alpha value is -3.54. The summed E-state index contributed by atoms with van der Waals surface area (Å²) in [6.45, 7) is 4.81. The SMILES string of the molecule is Cc1cc(C)n2nc(C(=O)N3CCCC(Oc4cc(C#N)ccn4)C3)nc2n1. The van der Waals surface area contributed by atoms with E-state index in [1.165, 1.54) is 6.20 Å². The van der Waals surface area contributed by atoms with E-state index in [4.69, 9.17) is 10.00 Å². The Morgan fingerprint density at radius 2 is 2.18 bits per heavy atom. The summed E-state index contributed by atoms with van der Waals surface area (Å²) in [5, 5.41) is 13.3. The molecule has 1 fully saturated rings. The number of nitrogens with zero attached hydrogens (tertiary/aromatic N) is 7. The zero-order valence-electron chi connectivity index (χ0n) is 15.7. The van der Waals surface area contributed by atoms with Crippen molar-refractivity contribution >= 4 is 11.7 Å². The molecule has 1 aliphatic rings. The number of hydrogen-bond acceptors (Lipinski definition) is 7. The van der Waals surface area contributed by atoms with E-state index in [0.717, 1.165) is 24.2 Å². The summed E-state index contributed by atoms with van der Waals surface area (Å²) in [6.07, 6.45) is 2.95. The van der Waals surface area contributed by atoms with Crippen molar-refractivity contribution in [3.63, 3.8) is 0 Å². The summed E-state index contributed by atoms with van der Waals surface area (Å²) in [7, 11) is 0. The van der Waals surface area contributed by atoms with Gasteiger partial charge in [0.05, 0.1) is 18.2 Å². The molecule has 3 aromatic heterocycles. The molecule has 0 bridgehead atoms. The predicted octanol–water partition coefficient (Wildman–Crippen LogP) is 1.69. The van der Waals surface area contributed by atoms with E-state index in [-0.39, 0.29) is 17.8 Å². The van der Waals surface area contributed by atoms with Gasteiger partial charge in [0.2, 0.25) is 11.7 Å². The quantitative estimate of drug-likeness (QED) is 0.683. The lowest BCUT2D eigenvalue weighted by molar-refractivity contribution is 0.0517. The minimum Gasteiger partial charge on any atom is -0.472 e. The second-order valence-electron chi connectivity index (χ2n) is 6.81. The van der Waals surface area contributed by atoms with Gasteiger partial charge in [-0.15, -0.1) is 5.10 Å². The lowest BCUT2D eigenvalue weighted by Crippen LogP contribution is -2.44. The normalized spacial score (nSPS) is 16.8. The van der Waals surface area contributed by atoms with E-state index >= 15 is 0 Å². The highest BCUT2D eigenvalue weighted by Gasteiger charge is 2.28. The fourth-order valence-corrected chi connectivity index (χ4v) is 3.33. The number of rotatable bonds is 3. The van der Waals surface area contributed by atoms with Crippen molar-refractivity contribution in [2.45, 2.75) is 32.8 Å². The van der Waals surface area contributed by atoms with Crippen LogP contribution in [0.15, 0.2) is 24.4 Å². The molecule has 4 heterocycles. The van der Waals surface area contributed by atoms with Crippen LogP contribution in [-0.2, 0) is 0 Å². The first-order valence-corrected chi connectivity index (χ1v) is 9.06. The van der Waals surface area contributed by atoms with Crippen molar-refractivity contribution in [2.75, 3.05) is 13.1 Å². The molecule has 4 rings (SSSR count). The summed E-state index contributed by atoms with van der Waals surface area (Å²) in [4.78, 5) is 27.4. The number of carbonyl (C=O) groups excluding carboxylic acids is 1. The maximum atomic E-state index is 12.9. The molecule has 1 aliphatic heterocycles. The van der Waals surface area contributed by atoms with Gasteiger partial charge in [0.25, 0.3) is 11.7 Å². The van der Waals surface area contributed by atoms with E-state index in [2.05, 4.69) is 26.1 Å². The van der Waals surface area contributed by atoms with E-state index < -0.39 is 0 Å². The van der Waals surface area contributed by atoms with Crippen molar-refractivity contribution in [3.05, 3.63) is 47.2 Å². The van der Waals surface area contributed by atoms with Crippen molar-refractivity contribution in [2.24, 2.45) is 0 Å². The Morgan fingerprint density at radius 3 is 3.00 bits per heavy atom. The largest absolute Gasteiger partial charge is 0.472 e. The number of likely N-dealkylation sites (tertiary alicyclic amines) is 1. The summed E-state index contributed by atoms with van der Waals surface area (Å²) in [6, 6.07) is 7.18. The van der Waals surface area contributed by atoms with Crippen molar-refractivity contribution < 1.29 is 9.53 Å². The minimum atomic E-state index is -0.241. The van der Waals surface area contributed by atoms with Gasteiger partial charge in [-0.1, -0.05) is 0 Å². The maximum absolute atomic E-state index is 12.9. The van der Waals surface area contributed by atoms with Gasteiger partial charge in [0.1, 0.15) is 6.10 Å². The molecule has 0 aliphatic carbocycles. The van der Waals surface area contributed by atoms with E-state index in [1.54, 1.807) is 21.5 Å². The molecule has 1 unspecified atom stereocenters. The number of ether oxygens (including phenoxy) is 1. The van der Waals surface area contributed by atoms with Gasteiger partial charge in [0, 0.05) is 30.2 Å². The highest BCUT2D eigenvalue weighted by Crippen LogP contribution is 2.19. The summed E-state index contributed by atoms with van der Waals surface area (Å²) >= 11 is 0. The maximum Gasteiger partial charge on any atom is 0.293 e. The number of hydrogen-bond donors (Lipinski definition) is 0. The summed E-state index contributed by atoms with van der Waals surface area (Å²) in [5.41, 5.74) is 2.19. The van der Waals surface area contributed by atoms with Crippen LogP contribution in [0.4, 0.5) is 0 Å². The van der Waals surface area contributed by atoms with Crippen molar-refractivity contribution in [1.82, 2.24) is 29.5 Å². The predicted molar refractivity (Wildman–Crippen MR) is 98.8 cm³/mol. The van der Waals surface area contributed by atoms with Crippen LogP contribution in [-0.4, -0.2) is 54.6 Å². The first kappa shape index (κ1) is 17.9. The molecule has 0 N–H and O–H groups in total. The highest BCUT2D eigenvalue weighted by molar-refractivity contribution is 5.91. The second kappa shape index (κ2) is 7.23. The van der Waals surface area contributed by atoms with Crippen LogP contribution < -0.4 is 4.74 Å². The van der Waals surface area contributed by atoms with Gasteiger partial charge in [0.15, 0.2) is 0 Å². The molecule has 0 aromatic carbocycles. The zero-order valence-corrected chi connectivity index (χ0v) is 15.7. The molecule has 9 heteroatoms. The monoisotopic (exact) mass is 377 g/mol. The Labute approximate surface area is 161 Å². The Balaban J connectivity index is 1.50. The van der Waals surface area contributed by atoms with Crippen LogP contribution in [0.1, 0.15) is 40.4 Å². The van der Waals surface area contributed by atoms with Gasteiger partial charge in [-0.25, -0.2) is 14.5 Å². The van der Waals surface area contributed by atoms with Gasteiger partial charge in [-0.05, 0) is 38.8 Å². The molecular weight excluding hydrogens is 358 g/mol. The van der Waals surface area contributed by atoms with Gasteiger partial charge in [-0.2, -0.15) is 10.2 Å². The molecular formula is C19H19N7O2. The topological polar surface area (TPSA) is 109 Å². The third kappa shape index (κ3) is 3.49. The zero-order chi connectivity index (χ0) is 19.7. The number of aryl methyl sites for hydroxylation is 2. The molecule has 3 aromatic rings. The number of fused-ring (bicyclic) bond motifs is 1. The Kier molecular flexibility index (Phi) is 4.61. The van der Waals surface area contributed by atoms with Crippen LogP contribution in [0.3, 0.4) is 0 Å². The fraction of sp³-hybridized carbons (Fsp3) is 0.368. The number of piperidine rings is 1. The van der Waals surface area contributed by atoms with E-state index in [9.17, 15) is 4.79 Å². The average molecular weight is 377 g/mol. The number of aromatic nitrogens is 5. The Bertz CT molecular complexity index is 1090. The first-order valence-electron chi connectivity index (χ1n) is 9.06. The minimum absolute atomic E-state index is 0.131. The summed E-state index contributed by atoms with van der Waals surface area (Å²) < 4.78 is 7.47. The lowest BCUT2D eigenvalue weighted by atomic mass is 10.1. The standard InChI is InChI=1S/C19H19N7O2/c1-12-8-13(2)26-19(22-12)23-17(24-26)18(27)25-7-3-4-15(11-25)28-16-9-14(10-20)5-6-21-16/h5-6,8-9,15H,3-4,7,11H2,1-2H3. The molecule has 142 valence electrons. The number of carbonyl (C=O) groups is 1. The van der Waals surface area contributed by atoms with Gasteiger partial charge < -0.3 is 9.64 Å². The molecule has 1 amide bonds. The van der Waals surface area contributed by atoms with Crippen LogP contribution >= 0.6 is 0 Å². The van der Waals surface area contributed by atoms with Gasteiger partial charge >= 0.3 is 0 Å². The first-order chi connectivity index (χ1) is 13.5. The fourth-order valence-electron chi connectivity index (χ4n) is 3.33. The van der Waals surface area contributed by atoms with Crippen LogP contribution in [0.5, 0.6) is 5.88 Å². The third-order valence-corrected chi connectivity index (χ3v) is 4.63. The second-order valence-corrected chi connectivity index (χ2v) is 6.81. The number of nitriles is 1. The van der Waals surface area contributed by atoms with Crippen molar-refractivity contribution in [1.29, 1.82) is 5.26 Å². The molecule has 1 saturated heterocycles. The molecule has 9 nitrogen and oxygen atoms in total. The molecule has 0 spiro atoms. The van der Waals surface area contributed by atoms with Crippen LogP contribution in [0, 0.1) is 25.2 Å². The van der Waals surface area contributed by atoms with Crippen LogP contribution in [0.2, 0.25) is 0 Å². The highest BCUT2D eigenvalue weighted by atomic mass is 16.5. The van der Waals surface area contributed by atoms with Gasteiger partial charge in [-0.3, -0.25) is 4.79 Å². The Morgan fingerprint density at radius 1 is 1.32 bits per heavy atom.